The van der Waals surface area contributed by atoms with Crippen molar-refractivity contribution >= 4 is 22.6 Å². The van der Waals surface area contributed by atoms with Crippen LogP contribution in [0.5, 0.6) is 0 Å². The lowest BCUT2D eigenvalue weighted by Crippen LogP contribution is -1.89. The molecular weight excluding hydrogens is 407 g/mol. The van der Waals surface area contributed by atoms with Crippen LogP contribution in [-0.4, -0.2) is 20.1 Å². The molecule has 0 saturated heterocycles. The number of nitrogens with one attached hydrogen (secondary N) is 1. The summed E-state index contributed by atoms with van der Waals surface area (Å²) in [5.41, 5.74) is 2.33. The first-order valence-electron chi connectivity index (χ1n) is 9.37. The summed E-state index contributed by atoms with van der Waals surface area (Å²) in [6, 6.07) is 12.0. The van der Waals surface area contributed by atoms with E-state index in [1.165, 1.54) is 6.07 Å². The fraction of sp³-hybridized carbons (Fsp3) is 0.136. The van der Waals surface area contributed by atoms with Gasteiger partial charge >= 0.3 is 0 Å². The molecule has 3 heterocycles. The number of hydrogen-bond donors (Lipinski definition) is 1. The van der Waals surface area contributed by atoms with Crippen molar-refractivity contribution in [2.45, 2.75) is 19.8 Å². The Morgan fingerprint density at radius 1 is 1.13 bits per heavy atom. The van der Waals surface area contributed by atoms with Gasteiger partial charge in [0, 0.05) is 16.9 Å². The third-order valence-corrected chi connectivity index (χ3v) is 5.08. The van der Waals surface area contributed by atoms with Gasteiger partial charge in [0.25, 0.3) is 5.89 Å². The maximum absolute atomic E-state index is 14.2. The van der Waals surface area contributed by atoms with Gasteiger partial charge in [0.2, 0.25) is 0 Å². The third kappa shape index (κ3) is 3.17. The van der Waals surface area contributed by atoms with Crippen LogP contribution < -0.4 is 0 Å². The second-order valence-corrected chi connectivity index (χ2v) is 7.63. The molecule has 5 aromatic rings. The molecule has 5 rings (SSSR count). The lowest BCUT2D eigenvalue weighted by molar-refractivity contribution is 0.419. The van der Waals surface area contributed by atoms with Crippen molar-refractivity contribution in [2.75, 3.05) is 0 Å². The Morgan fingerprint density at radius 2 is 2.00 bits per heavy atom. The Hall–Kier alpha value is -3.45. The molecule has 0 fully saturated rings. The Morgan fingerprint density at radius 3 is 2.77 bits per heavy atom. The van der Waals surface area contributed by atoms with Gasteiger partial charge in [0.05, 0.1) is 16.8 Å². The molecule has 3 aromatic heterocycles. The van der Waals surface area contributed by atoms with Gasteiger partial charge in [-0.1, -0.05) is 36.7 Å². The van der Waals surface area contributed by atoms with E-state index in [9.17, 15) is 4.39 Å². The molecule has 1 N–H and O–H groups in total. The second-order valence-electron chi connectivity index (χ2n) is 7.22. The summed E-state index contributed by atoms with van der Waals surface area (Å²) >= 11 is 6.14. The molecule has 0 aliphatic rings. The smallest absolute Gasteiger partial charge is 0.257 e. The molecule has 150 valence electrons. The first kappa shape index (κ1) is 18.6. The number of aromatic nitrogens is 4. The standard InChI is InChI=1S/C22H16ClFN4O2/c1-11(2)20-27-22(30-28-20)12-6-7-17-13(8-12)9-18(29-17)16-10-25-21(26-16)19-14(23)4-3-5-15(19)24/h3-11H,1-2H3,(H,25,26). The molecule has 8 heteroatoms. The van der Waals surface area contributed by atoms with E-state index in [0.29, 0.717) is 34.6 Å². The highest BCUT2D eigenvalue weighted by Crippen LogP contribution is 2.33. The van der Waals surface area contributed by atoms with Gasteiger partial charge in [0.1, 0.15) is 22.9 Å². The SMILES string of the molecule is CC(C)c1noc(-c2ccc3oc(-c4cnc(-c5c(F)cccc5Cl)[nH]4)cc3c2)n1. The minimum atomic E-state index is -0.446. The lowest BCUT2D eigenvalue weighted by Gasteiger charge is -2.01. The number of hydrogen-bond acceptors (Lipinski definition) is 5. The molecule has 0 radical (unpaired) electrons. The lowest BCUT2D eigenvalue weighted by atomic mass is 10.1. The average Bonchev–Trinajstić information content (AvgIpc) is 3.46. The quantitative estimate of drug-likeness (QED) is 0.359. The first-order chi connectivity index (χ1) is 14.5. The molecule has 0 saturated carbocycles. The Labute approximate surface area is 175 Å². The van der Waals surface area contributed by atoms with Gasteiger partial charge in [-0.05, 0) is 36.4 Å². The van der Waals surface area contributed by atoms with Crippen LogP contribution in [0.4, 0.5) is 4.39 Å². The zero-order chi connectivity index (χ0) is 20.8. The number of nitrogens with zero attached hydrogens (tertiary/aromatic N) is 3. The van der Waals surface area contributed by atoms with Crippen molar-refractivity contribution in [2.24, 2.45) is 0 Å². The van der Waals surface area contributed by atoms with E-state index in [1.54, 1.807) is 18.3 Å². The number of imidazole rings is 1. The number of rotatable bonds is 4. The van der Waals surface area contributed by atoms with Gasteiger partial charge in [-0.25, -0.2) is 9.37 Å². The molecular formula is C22H16ClFN4O2. The number of H-pyrrole nitrogens is 1. The maximum atomic E-state index is 14.2. The van der Waals surface area contributed by atoms with E-state index in [-0.39, 0.29) is 16.5 Å². The first-order valence-corrected chi connectivity index (χ1v) is 9.74. The Balaban J connectivity index is 1.51. The van der Waals surface area contributed by atoms with Gasteiger partial charge in [-0.15, -0.1) is 0 Å². The summed E-state index contributed by atoms with van der Waals surface area (Å²) in [6.45, 7) is 4.01. The van der Waals surface area contributed by atoms with E-state index in [4.69, 9.17) is 20.5 Å². The summed E-state index contributed by atoms with van der Waals surface area (Å²) < 4.78 is 25.5. The van der Waals surface area contributed by atoms with Gasteiger partial charge in [0.15, 0.2) is 11.6 Å². The van der Waals surface area contributed by atoms with Crippen LogP contribution in [0.1, 0.15) is 25.6 Å². The zero-order valence-electron chi connectivity index (χ0n) is 16.1. The summed E-state index contributed by atoms with van der Waals surface area (Å²) in [7, 11) is 0. The second kappa shape index (κ2) is 7.11. The molecule has 6 nitrogen and oxygen atoms in total. The molecule has 0 amide bonds. The normalized spacial score (nSPS) is 11.6. The summed E-state index contributed by atoms with van der Waals surface area (Å²) in [4.78, 5) is 11.8. The molecule has 0 spiro atoms. The molecule has 0 aliphatic heterocycles. The van der Waals surface area contributed by atoms with E-state index >= 15 is 0 Å². The van der Waals surface area contributed by atoms with Crippen molar-refractivity contribution in [3.8, 4) is 34.3 Å². The number of furan rings is 1. The summed E-state index contributed by atoms with van der Waals surface area (Å²) in [5, 5.41) is 5.16. The predicted octanol–water partition coefficient (Wildman–Crippen LogP) is 6.46. The third-order valence-electron chi connectivity index (χ3n) is 4.76. The van der Waals surface area contributed by atoms with Crippen LogP contribution in [0.25, 0.3) is 45.3 Å². The minimum Gasteiger partial charge on any atom is -0.454 e. The summed E-state index contributed by atoms with van der Waals surface area (Å²) in [5.74, 6) is 1.77. The van der Waals surface area contributed by atoms with Gasteiger partial charge in [-0.2, -0.15) is 4.98 Å². The van der Waals surface area contributed by atoms with E-state index in [1.807, 2.05) is 38.1 Å². The number of benzene rings is 2. The molecule has 30 heavy (non-hydrogen) atoms. The zero-order valence-corrected chi connectivity index (χ0v) is 16.9. The molecule has 0 atom stereocenters. The fourth-order valence-corrected chi connectivity index (χ4v) is 3.45. The van der Waals surface area contributed by atoms with Crippen LogP contribution in [0, 0.1) is 5.82 Å². The maximum Gasteiger partial charge on any atom is 0.257 e. The van der Waals surface area contributed by atoms with Crippen LogP contribution in [-0.2, 0) is 0 Å². The fourth-order valence-electron chi connectivity index (χ4n) is 3.19. The molecule has 0 aliphatic carbocycles. The molecule has 2 aromatic carbocycles. The van der Waals surface area contributed by atoms with Crippen molar-refractivity contribution in [3.63, 3.8) is 0 Å². The van der Waals surface area contributed by atoms with Gasteiger partial charge < -0.3 is 13.9 Å². The van der Waals surface area contributed by atoms with Crippen molar-refractivity contribution in [3.05, 3.63) is 65.3 Å². The number of aromatic amines is 1. The Kier molecular flexibility index (Phi) is 4.40. The van der Waals surface area contributed by atoms with Crippen molar-refractivity contribution in [1.29, 1.82) is 0 Å². The Bertz CT molecular complexity index is 1350. The van der Waals surface area contributed by atoms with Crippen LogP contribution in [0.2, 0.25) is 5.02 Å². The van der Waals surface area contributed by atoms with E-state index < -0.39 is 5.82 Å². The van der Waals surface area contributed by atoms with E-state index in [0.717, 1.165) is 10.9 Å². The number of fused-ring (bicyclic) bond motifs is 1. The topological polar surface area (TPSA) is 80.7 Å². The molecule has 0 unspecified atom stereocenters. The average molecular weight is 423 g/mol. The predicted molar refractivity (Wildman–Crippen MR) is 112 cm³/mol. The monoisotopic (exact) mass is 422 g/mol. The molecule has 0 bridgehead atoms. The highest BCUT2D eigenvalue weighted by atomic mass is 35.5. The van der Waals surface area contributed by atoms with Crippen molar-refractivity contribution < 1.29 is 13.3 Å². The number of halogens is 2. The summed E-state index contributed by atoms with van der Waals surface area (Å²) in [6.07, 6.45) is 1.59. The van der Waals surface area contributed by atoms with Crippen LogP contribution >= 0.6 is 11.6 Å². The largest absolute Gasteiger partial charge is 0.454 e. The van der Waals surface area contributed by atoms with Gasteiger partial charge in [-0.3, -0.25) is 0 Å². The highest BCUT2D eigenvalue weighted by molar-refractivity contribution is 6.33. The van der Waals surface area contributed by atoms with E-state index in [2.05, 4.69) is 20.1 Å². The highest BCUT2D eigenvalue weighted by Gasteiger charge is 2.17. The van der Waals surface area contributed by atoms with Crippen LogP contribution in [0.3, 0.4) is 0 Å². The minimum absolute atomic E-state index is 0.185. The van der Waals surface area contributed by atoms with Crippen LogP contribution in [0.15, 0.2) is 57.6 Å². The van der Waals surface area contributed by atoms with Crippen molar-refractivity contribution in [1.82, 2.24) is 20.1 Å².